The van der Waals surface area contributed by atoms with Gasteiger partial charge in [0.25, 0.3) is 0 Å². The molecule has 0 bridgehead atoms. The van der Waals surface area contributed by atoms with Crippen molar-refractivity contribution in [3.05, 3.63) is 62.8 Å². The van der Waals surface area contributed by atoms with Crippen molar-refractivity contribution < 1.29 is 14.7 Å². The molecule has 0 aromatic carbocycles. The molecule has 25 heavy (non-hydrogen) atoms. The molecule has 0 amide bonds. The van der Waals surface area contributed by atoms with E-state index < -0.39 is 17.0 Å². The van der Waals surface area contributed by atoms with Crippen LogP contribution in [-0.4, -0.2) is 33.4 Å². The Morgan fingerprint density at radius 2 is 1.40 bits per heavy atom. The van der Waals surface area contributed by atoms with Gasteiger partial charge in [-0.3, -0.25) is 0 Å². The van der Waals surface area contributed by atoms with Gasteiger partial charge in [-0.1, -0.05) is 30.9 Å². The maximum Gasteiger partial charge on any atom is 0.333 e. The van der Waals surface area contributed by atoms with Crippen LogP contribution in [0.25, 0.3) is 0 Å². The smallest absolute Gasteiger partial charge is 0.333 e. The molecule has 1 rings (SSSR count). The van der Waals surface area contributed by atoms with Crippen molar-refractivity contribution in [3.63, 3.8) is 0 Å². The third-order valence-electron chi connectivity index (χ3n) is 4.83. The molecule has 1 aliphatic heterocycles. The average Bonchev–Trinajstić information content (AvgIpc) is 2.53. The molecule has 4 heteroatoms. The summed E-state index contributed by atoms with van der Waals surface area (Å²) in [6.07, 6.45) is 9.97. The van der Waals surface area contributed by atoms with Crippen LogP contribution in [0.15, 0.2) is 62.8 Å². The third-order valence-corrected chi connectivity index (χ3v) is 4.83. The van der Waals surface area contributed by atoms with Gasteiger partial charge in [0.05, 0.1) is 11.1 Å². The van der Waals surface area contributed by atoms with Gasteiger partial charge in [-0.05, 0) is 32.6 Å². The van der Waals surface area contributed by atoms with E-state index in [-0.39, 0.29) is 6.10 Å². The minimum absolute atomic E-state index is 0.340. The van der Waals surface area contributed by atoms with Gasteiger partial charge >= 0.3 is 5.97 Å². The number of carbonyl (C=O) groups is 1. The lowest BCUT2D eigenvalue weighted by atomic mass is 9.71. The maximum atomic E-state index is 12.1. The molecule has 0 aliphatic carbocycles. The van der Waals surface area contributed by atoms with Crippen LogP contribution < -0.4 is 0 Å². The molecule has 1 N–H and O–H groups in total. The number of rotatable bonds is 10. The molecule has 0 aromatic rings. The van der Waals surface area contributed by atoms with E-state index >= 15 is 0 Å². The van der Waals surface area contributed by atoms with Gasteiger partial charge in [0, 0.05) is 18.4 Å². The Morgan fingerprint density at radius 1 is 1.04 bits per heavy atom. The summed E-state index contributed by atoms with van der Waals surface area (Å²) in [6.45, 7) is 20.6. The summed E-state index contributed by atoms with van der Waals surface area (Å²) in [6, 6.07) is 0. The number of hydroxylamine groups is 2. The Kier molecular flexibility index (Phi) is 7.59. The van der Waals surface area contributed by atoms with Crippen LogP contribution in [0.1, 0.15) is 45.4 Å². The fraction of sp³-hybridized carbons (Fsp3) is 0.476. The van der Waals surface area contributed by atoms with Crippen molar-refractivity contribution in [2.45, 2.75) is 62.6 Å². The first-order valence-corrected chi connectivity index (χ1v) is 8.60. The van der Waals surface area contributed by atoms with Crippen LogP contribution >= 0.6 is 0 Å². The Bertz CT molecular complexity index is 495. The van der Waals surface area contributed by atoms with Crippen molar-refractivity contribution in [2.75, 3.05) is 0 Å². The largest absolute Gasteiger partial charge is 0.459 e. The van der Waals surface area contributed by atoms with Gasteiger partial charge in [0.2, 0.25) is 0 Å². The zero-order valence-corrected chi connectivity index (χ0v) is 15.4. The van der Waals surface area contributed by atoms with E-state index in [2.05, 4.69) is 32.9 Å². The Hall–Kier alpha value is -1.91. The minimum atomic E-state index is -0.631. The SMILES string of the molecule is C=CCC1(CC=C)CC(OC(=O)C(=C)C)CC(CC=C)(CC=C)N1O. The monoisotopic (exact) mass is 345 g/mol. The zero-order valence-electron chi connectivity index (χ0n) is 15.4. The van der Waals surface area contributed by atoms with Crippen LogP contribution in [0.3, 0.4) is 0 Å². The topological polar surface area (TPSA) is 49.8 Å². The Labute approximate surface area is 151 Å². The van der Waals surface area contributed by atoms with Gasteiger partial charge in [0.1, 0.15) is 6.10 Å². The fourth-order valence-corrected chi connectivity index (χ4v) is 3.85. The first kappa shape index (κ1) is 21.1. The molecule has 0 radical (unpaired) electrons. The molecule has 138 valence electrons. The lowest BCUT2D eigenvalue weighted by molar-refractivity contribution is -0.276. The summed E-state index contributed by atoms with van der Waals surface area (Å²) in [5.74, 6) is -0.409. The first-order valence-electron chi connectivity index (χ1n) is 8.60. The van der Waals surface area contributed by atoms with Crippen molar-refractivity contribution in [3.8, 4) is 0 Å². The molecule has 4 nitrogen and oxygen atoms in total. The lowest BCUT2D eigenvalue weighted by Gasteiger charge is -2.56. The Balaban J connectivity index is 3.35. The number of nitrogens with zero attached hydrogens (tertiary/aromatic N) is 1. The minimum Gasteiger partial charge on any atom is -0.459 e. The summed E-state index contributed by atoms with van der Waals surface area (Å²) >= 11 is 0. The van der Waals surface area contributed by atoms with E-state index in [1.54, 1.807) is 31.2 Å². The summed E-state index contributed by atoms with van der Waals surface area (Å²) in [5.41, 5.74) is -0.899. The second kappa shape index (κ2) is 8.97. The average molecular weight is 345 g/mol. The van der Waals surface area contributed by atoms with E-state index in [1.165, 1.54) is 5.06 Å². The molecule has 1 heterocycles. The van der Waals surface area contributed by atoms with Crippen molar-refractivity contribution in [2.24, 2.45) is 0 Å². The third kappa shape index (κ3) is 4.59. The normalized spacial score (nSPS) is 19.6. The highest BCUT2D eigenvalue weighted by atomic mass is 16.5. The zero-order chi connectivity index (χ0) is 19.1. The van der Waals surface area contributed by atoms with Crippen molar-refractivity contribution in [1.82, 2.24) is 5.06 Å². The van der Waals surface area contributed by atoms with Crippen LogP contribution in [0.5, 0.6) is 0 Å². The highest BCUT2D eigenvalue weighted by Gasteiger charge is 2.53. The van der Waals surface area contributed by atoms with Gasteiger partial charge in [-0.2, -0.15) is 5.06 Å². The van der Waals surface area contributed by atoms with Gasteiger partial charge in [-0.25, -0.2) is 4.79 Å². The molecular formula is C21H31NO3. The van der Waals surface area contributed by atoms with Crippen molar-refractivity contribution >= 4 is 5.97 Å². The summed E-state index contributed by atoms with van der Waals surface area (Å²) < 4.78 is 5.68. The van der Waals surface area contributed by atoms with Gasteiger partial charge in [0.15, 0.2) is 0 Å². The van der Waals surface area contributed by atoms with Crippen LogP contribution in [0.2, 0.25) is 0 Å². The van der Waals surface area contributed by atoms with E-state index in [0.29, 0.717) is 44.1 Å². The van der Waals surface area contributed by atoms with Crippen LogP contribution in [-0.2, 0) is 9.53 Å². The molecular weight excluding hydrogens is 314 g/mol. The number of piperidine rings is 1. The number of hydrogen-bond acceptors (Lipinski definition) is 4. The second-order valence-corrected chi connectivity index (χ2v) is 6.95. The maximum absolute atomic E-state index is 12.1. The molecule has 1 aliphatic rings. The van der Waals surface area contributed by atoms with E-state index in [4.69, 9.17) is 4.74 Å². The molecule has 0 unspecified atom stereocenters. The molecule has 1 fully saturated rings. The van der Waals surface area contributed by atoms with Crippen LogP contribution in [0.4, 0.5) is 0 Å². The summed E-state index contributed by atoms with van der Waals surface area (Å²) in [7, 11) is 0. The molecule has 0 saturated carbocycles. The molecule has 0 atom stereocenters. The highest BCUT2D eigenvalue weighted by Crippen LogP contribution is 2.46. The van der Waals surface area contributed by atoms with Gasteiger partial charge in [-0.15, -0.1) is 26.3 Å². The number of ether oxygens (including phenoxy) is 1. The molecule has 1 saturated heterocycles. The Morgan fingerprint density at radius 3 is 1.68 bits per heavy atom. The standard InChI is InChI=1S/C21H31NO3/c1-7-11-20(12-8-2)15-18(25-19(23)17(5)6)16-21(13-9-3,14-10-4)22(20)24/h7-10,18,24H,1-5,11-16H2,6H3. The lowest BCUT2D eigenvalue weighted by Crippen LogP contribution is -2.65. The van der Waals surface area contributed by atoms with E-state index in [1.807, 2.05) is 0 Å². The molecule has 0 aromatic heterocycles. The van der Waals surface area contributed by atoms with Crippen molar-refractivity contribution in [1.29, 1.82) is 0 Å². The van der Waals surface area contributed by atoms with Gasteiger partial charge < -0.3 is 9.94 Å². The first-order chi connectivity index (χ1) is 11.8. The van der Waals surface area contributed by atoms with Crippen LogP contribution in [0, 0.1) is 0 Å². The summed E-state index contributed by atoms with van der Waals surface area (Å²) in [5, 5.41) is 12.6. The fourth-order valence-electron chi connectivity index (χ4n) is 3.85. The van der Waals surface area contributed by atoms with E-state index in [0.717, 1.165) is 0 Å². The van der Waals surface area contributed by atoms with E-state index in [9.17, 15) is 10.0 Å². The predicted octanol–water partition coefficient (Wildman–Crippen LogP) is 4.74. The predicted molar refractivity (Wildman–Crippen MR) is 102 cm³/mol. The highest BCUT2D eigenvalue weighted by molar-refractivity contribution is 5.87. The second-order valence-electron chi connectivity index (χ2n) is 6.95. The molecule has 0 spiro atoms. The number of esters is 1. The number of carbonyl (C=O) groups excluding carboxylic acids is 1. The summed E-state index contributed by atoms with van der Waals surface area (Å²) in [4.78, 5) is 12.1. The quantitative estimate of drug-likeness (QED) is 0.353. The number of hydrogen-bond donors (Lipinski definition) is 1.